The first-order chi connectivity index (χ1) is 8.04. The number of amides is 1. The third-order valence-electron chi connectivity index (χ3n) is 1.86. The van der Waals surface area contributed by atoms with E-state index in [1.165, 1.54) is 19.4 Å². The summed E-state index contributed by atoms with van der Waals surface area (Å²) in [6.07, 6.45) is 1.38. The molecule has 1 aromatic heterocycles. The van der Waals surface area contributed by atoms with Crippen LogP contribution < -0.4 is 5.32 Å². The molecule has 0 aliphatic carbocycles. The van der Waals surface area contributed by atoms with E-state index in [0.717, 1.165) is 0 Å². The van der Waals surface area contributed by atoms with Gasteiger partial charge in [0, 0.05) is 12.7 Å². The molecule has 92 valence electrons. The Kier molecular flexibility index (Phi) is 5.37. The third-order valence-corrected chi connectivity index (χ3v) is 2.78. The van der Waals surface area contributed by atoms with Gasteiger partial charge in [0.1, 0.15) is 10.5 Å². The van der Waals surface area contributed by atoms with Gasteiger partial charge in [0.25, 0.3) is 5.91 Å². The number of nitrogens with zero attached hydrogens (tertiary/aromatic N) is 1. The monoisotopic (exact) mass is 320 g/mol. The molecule has 0 saturated heterocycles. The standard InChI is InChI=1S/C10H10BrClN2O3/c1-17-10(16)7(11)5-14-9(15)8-3-2-6(12)4-13-8/h2-4,7H,5H2,1H3,(H,14,15). The predicted octanol–water partition coefficient (Wildman–Crippen LogP) is 1.40. The van der Waals surface area contributed by atoms with Crippen LogP contribution >= 0.6 is 27.5 Å². The van der Waals surface area contributed by atoms with E-state index in [9.17, 15) is 9.59 Å². The van der Waals surface area contributed by atoms with Crippen molar-refractivity contribution in [2.24, 2.45) is 0 Å². The highest BCUT2D eigenvalue weighted by Crippen LogP contribution is 2.06. The average Bonchev–Trinajstić information content (AvgIpc) is 2.35. The van der Waals surface area contributed by atoms with E-state index in [1.54, 1.807) is 6.07 Å². The third kappa shape index (κ3) is 4.32. The Balaban J connectivity index is 2.50. The Bertz CT molecular complexity index is 411. The number of hydrogen-bond donors (Lipinski definition) is 1. The van der Waals surface area contributed by atoms with Crippen molar-refractivity contribution in [2.45, 2.75) is 4.83 Å². The molecule has 1 heterocycles. The Labute approximate surface area is 112 Å². The Morgan fingerprint density at radius 2 is 2.29 bits per heavy atom. The zero-order valence-electron chi connectivity index (χ0n) is 8.94. The fourth-order valence-electron chi connectivity index (χ4n) is 0.994. The number of esters is 1. The smallest absolute Gasteiger partial charge is 0.321 e. The maximum atomic E-state index is 11.6. The summed E-state index contributed by atoms with van der Waals surface area (Å²) in [5.74, 6) is -0.829. The van der Waals surface area contributed by atoms with Gasteiger partial charge >= 0.3 is 5.97 Å². The van der Waals surface area contributed by atoms with Crippen LogP contribution in [0, 0.1) is 0 Å². The molecule has 0 bridgehead atoms. The second-order valence-corrected chi connectivity index (χ2v) is 4.60. The molecule has 1 rings (SSSR count). The second kappa shape index (κ2) is 6.56. The number of aromatic nitrogens is 1. The highest BCUT2D eigenvalue weighted by atomic mass is 79.9. The zero-order valence-corrected chi connectivity index (χ0v) is 11.3. The van der Waals surface area contributed by atoms with Crippen LogP contribution in [0.15, 0.2) is 18.3 Å². The number of carbonyl (C=O) groups is 2. The van der Waals surface area contributed by atoms with E-state index in [1.807, 2.05) is 0 Å². The van der Waals surface area contributed by atoms with E-state index >= 15 is 0 Å². The number of hydrogen-bond acceptors (Lipinski definition) is 4. The molecule has 1 N–H and O–H groups in total. The number of rotatable bonds is 4. The summed E-state index contributed by atoms with van der Waals surface area (Å²) in [7, 11) is 1.28. The molecule has 0 saturated carbocycles. The van der Waals surface area contributed by atoms with Crippen LogP contribution in [0.1, 0.15) is 10.5 Å². The van der Waals surface area contributed by atoms with Crippen LogP contribution in [0.2, 0.25) is 5.02 Å². The summed E-state index contributed by atoms with van der Waals surface area (Å²) in [6.45, 7) is 0.121. The quantitative estimate of drug-likeness (QED) is 0.672. The van der Waals surface area contributed by atoms with Gasteiger partial charge in [-0.05, 0) is 12.1 Å². The molecule has 0 radical (unpaired) electrons. The molecule has 0 fully saturated rings. The minimum atomic E-state index is -0.580. The zero-order chi connectivity index (χ0) is 12.8. The molecule has 7 heteroatoms. The average molecular weight is 322 g/mol. The van der Waals surface area contributed by atoms with Crippen LogP contribution in [-0.2, 0) is 9.53 Å². The Morgan fingerprint density at radius 3 is 2.82 bits per heavy atom. The van der Waals surface area contributed by atoms with Gasteiger partial charge < -0.3 is 10.1 Å². The van der Waals surface area contributed by atoms with E-state index in [2.05, 4.69) is 31.0 Å². The number of carbonyl (C=O) groups excluding carboxylic acids is 2. The number of halogens is 2. The molecular weight excluding hydrogens is 311 g/mol. The van der Waals surface area contributed by atoms with Gasteiger partial charge in [-0.15, -0.1) is 0 Å². The van der Waals surface area contributed by atoms with Gasteiger partial charge in [-0.25, -0.2) is 4.98 Å². The van der Waals surface area contributed by atoms with Crippen molar-refractivity contribution in [1.29, 1.82) is 0 Å². The first kappa shape index (κ1) is 13.9. The van der Waals surface area contributed by atoms with Crippen molar-refractivity contribution < 1.29 is 14.3 Å². The minimum Gasteiger partial charge on any atom is -0.468 e. The fraction of sp³-hybridized carbons (Fsp3) is 0.300. The summed E-state index contributed by atoms with van der Waals surface area (Å²) < 4.78 is 4.50. The summed E-state index contributed by atoms with van der Waals surface area (Å²) in [6, 6.07) is 3.06. The minimum absolute atomic E-state index is 0.121. The van der Waals surface area contributed by atoms with Crippen molar-refractivity contribution in [3.63, 3.8) is 0 Å². The normalized spacial score (nSPS) is 11.7. The maximum absolute atomic E-state index is 11.6. The Morgan fingerprint density at radius 1 is 1.59 bits per heavy atom. The lowest BCUT2D eigenvalue weighted by Gasteiger charge is -2.08. The van der Waals surface area contributed by atoms with Gasteiger partial charge in [-0.2, -0.15) is 0 Å². The lowest BCUT2D eigenvalue weighted by atomic mass is 10.3. The molecule has 0 aromatic carbocycles. The van der Waals surface area contributed by atoms with Crippen molar-refractivity contribution in [2.75, 3.05) is 13.7 Å². The molecule has 5 nitrogen and oxygen atoms in total. The van der Waals surface area contributed by atoms with Gasteiger partial charge in [0.05, 0.1) is 12.1 Å². The summed E-state index contributed by atoms with van der Waals surface area (Å²) in [5, 5.41) is 2.99. The molecule has 1 amide bonds. The first-order valence-electron chi connectivity index (χ1n) is 4.66. The van der Waals surface area contributed by atoms with Crippen LogP contribution in [0.5, 0.6) is 0 Å². The first-order valence-corrected chi connectivity index (χ1v) is 5.95. The summed E-state index contributed by atoms with van der Waals surface area (Å²) in [4.78, 5) is 25.9. The molecule has 0 spiro atoms. The van der Waals surface area contributed by atoms with E-state index in [4.69, 9.17) is 11.6 Å². The number of alkyl halides is 1. The fourth-order valence-corrected chi connectivity index (χ4v) is 1.45. The lowest BCUT2D eigenvalue weighted by Crippen LogP contribution is -2.34. The number of pyridine rings is 1. The number of ether oxygens (including phenoxy) is 1. The van der Waals surface area contributed by atoms with Gasteiger partial charge in [0.15, 0.2) is 0 Å². The largest absolute Gasteiger partial charge is 0.468 e. The lowest BCUT2D eigenvalue weighted by molar-refractivity contribution is -0.139. The summed E-state index contributed by atoms with van der Waals surface area (Å²) in [5.41, 5.74) is 0.235. The van der Waals surface area contributed by atoms with E-state index in [0.29, 0.717) is 5.02 Å². The molecule has 1 unspecified atom stereocenters. The molecule has 0 aliphatic rings. The maximum Gasteiger partial charge on any atom is 0.321 e. The van der Waals surface area contributed by atoms with Gasteiger partial charge in [-0.3, -0.25) is 9.59 Å². The SMILES string of the molecule is COC(=O)C(Br)CNC(=O)c1ccc(Cl)cn1. The van der Waals surface area contributed by atoms with Crippen LogP contribution in [0.4, 0.5) is 0 Å². The van der Waals surface area contributed by atoms with Gasteiger partial charge in [0.2, 0.25) is 0 Å². The van der Waals surface area contributed by atoms with Crippen LogP contribution in [0.3, 0.4) is 0 Å². The second-order valence-electron chi connectivity index (χ2n) is 3.06. The van der Waals surface area contributed by atoms with Gasteiger partial charge in [-0.1, -0.05) is 27.5 Å². The van der Waals surface area contributed by atoms with E-state index < -0.39 is 10.8 Å². The molecule has 1 atom stereocenters. The Hall–Kier alpha value is -1.14. The van der Waals surface area contributed by atoms with Crippen molar-refractivity contribution in [3.8, 4) is 0 Å². The van der Waals surface area contributed by atoms with Crippen LogP contribution in [-0.4, -0.2) is 35.3 Å². The topological polar surface area (TPSA) is 68.3 Å². The molecule has 0 aliphatic heterocycles. The molecular formula is C10H10BrClN2O3. The van der Waals surface area contributed by atoms with Crippen molar-refractivity contribution >= 4 is 39.4 Å². The highest BCUT2D eigenvalue weighted by molar-refractivity contribution is 9.10. The molecule has 17 heavy (non-hydrogen) atoms. The predicted molar refractivity (Wildman–Crippen MR) is 66.3 cm³/mol. The van der Waals surface area contributed by atoms with E-state index in [-0.39, 0.29) is 18.1 Å². The number of methoxy groups -OCH3 is 1. The van der Waals surface area contributed by atoms with Crippen LogP contribution in [0.25, 0.3) is 0 Å². The number of nitrogens with one attached hydrogen (secondary N) is 1. The van der Waals surface area contributed by atoms with Crippen molar-refractivity contribution in [1.82, 2.24) is 10.3 Å². The highest BCUT2D eigenvalue weighted by Gasteiger charge is 2.16. The molecule has 1 aromatic rings. The van der Waals surface area contributed by atoms with Crippen molar-refractivity contribution in [3.05, 3.63) is 29.0 Å². The summed E-state index contributed by atoms with van der Waals surface area (Å²) >= 11 is 8.73.